The van der Waals surface area contributed by atoms with Crippen LogP contribution < -0.4 is 15.4 Å². The van der Waals surface area contributed by atoms with Crippen molar-refractivity contribution in [1.29, 1.82) is 0 Å². The summed E-state index contributed by atoms with van der Waals surface area (Å²) in [6.07, 6.45) is 2.87. The first-order chi connectivity index (χ1) is 10.1. The van der Waals surface area contributed by atoms with E-state index in [1.165, 1.54) is 0 Å². The Balaban J connectivity index is 1.72. The molecule has 1 aromatic carbocycles. The van der Waals surface area contributed by atoms with Gasteiger partial charge in [0.15, 0.2) is 0 Å². The fraction of sp³-hybridized carbons (Fsp3) is 0.625. The quantitative estimate of drug-likeness (QED) is 0.864. The van der Waals surface area contributed by atoms with E-state index in [0.717, 1.165) is 43.9 Å². The van der Waals surface area contributed by atoms with Crippen LogP contribution in [0.1, 0.15) is 19.3 Å². The first-order valence-corrected chi connectivity index (χ1v) is 7.53. The van der Waals surface area contributed by atoms with Gasteiger partial charge in [-0.2, -0.15) is 0 Å². The molecule has 116 valence electrons. The molecule has 2 N–H and O–H groups in total. The van der Waals surface area contributed by atoms with E-state index >= 15 is 0 Å². The minimum atomic E-state index is -0.142. The Hall–Kier alpha value is -1.46. The van der Waals surface area contributed by atoms with Crippen molar-refractivity contribution in [2.24, 2.45) is 0 Å². The summed E-state index contributed by atoms with van der Waals surface area (Å²) in [4.78, 5) is 2.04. The molecule has 0 bridgehead atoms. The van der Waals surface area contributed by atoms with Gasteiger partial charge < -0.3 is 24.8 Å². The molecular weight excluding hydrogens is 268 g/mol. The van der Waals surface area contributed by atoms with Crippen LogP contribution in [0.4, 0.5) is 11.4 Å². The molecule has 3 rings (SSSR count). The largest absolute Gasteiger partial charge is 0.488 e. The van der Waals surface area contributed by atoms with Crippen LogP contribution in [0.15, 0.2) is 18.2 Å². The van der Waals surface area contributed by atoms with Crippen molar-refractivity contribution in [1.82, 2.24) is 0 Å². The zero-order valence-corrected chi connectivity index (χ0v) is 12.8. The van der Waals surface area contributed by atoms with Gasteiger partial charge in [0.25, 0.3) is 0 Å². The summed E-state index contributed by atoms with van der Waals surface area (Å²) < 4.78 is 17.6. The Bertz CT molecular complexity index is 498. The van der Waals surface area contributed by atoms with Crippen LogP contribution in [-0.2, 0) is 9.47 Å². The summed E-state index contributed by atoms with van der Waals surface area (Å²) >= 11 is 0. The van der Waals surface area contributed by atoms with Crippen molar-refractivity contribution >= 4 is 11.4 Å². The Morgan fingerprint density at radius 3 is 2.90 bits per heavy atom. The molecule has 2 unspecified atom stereocenters. The average molecular weight is 292 g/mol. The SMILES string of the molecule is CN(C)c1ccc(N)c(OC2CCOC3(CCOC3)C2)c1. The zero-order valence-electron chi connectivity index (χ0n) is 12.8. The molecule has 2 aliphatic rings. The van der Waals surface area contributed by atoms with Crippen molar-refractivity contribution < 1.29 is 14.2 Å². The number of rotatable bonds is 3. The van der Waals surface area contributed by atoms with Gasteiger partial charge in [0.1, 0.15) is 11.9 Å². The Morgan fingerprint density at radius 2 is 2.19 bits per heavy atom. The number of nitrogens with zero attached hydrogens (tertiary/aromatic N) is 1. The molecule has 0 aliphatic carbocycles. The van der Waals surface area contributed by atoms with Crippen molar-refractivity contribution in [3.05, 3.63) is 18.2 Å². The normalized spacial score (nSPS) is 28.8. The number of benzene rings is 1. The van der Waals surface area contributed by atoms with E-state index in [1.807, 2.05) is 37.2 Å². The van der Waals surface area contributed by atoms with Crippen LogP contribution in [0.3, 0.4) is 0 Å². The highest BCUT2D eigenvalue weighted by Gasteiger charge is 2.41. The summed E-state index contributed by atoms with van der Waals surface area (Å²) in [6, 6.07) is 5.90. The number of hydrogen-bond acceptors (Lipinski definition) is 5. The van der Waals surface area contributed by atoms with Gasteiger partial charge in [-0.3, -0.25) is 0 Å². The maximum Gasteiger partial charge on any atom is 0.144 e. The summed E-state index contributed by atoms with van der Waals surface area (Å²) in [5, 5.41) is 0. The molecule has 5 nitrogen and oxygen atoms in total. The molecule has 5 heteroatoms. The van der Waals surface area contributed by atoms with E-state index in [9.17, 15) is 0 Å². The second kappa shape index (κ2) is 5.73. The number of hydrogen-bond donors (Lipinski definition) is 1. The van der Waals surface area contributed by atoms with Crippen LogP contribution in [0.5, 0.6) is 5.75 Å². The minimum absolute atomic E-state index is 0.139. The summed E-state index contributed by atoms with van der Waals surface area (Å²) in [5.74, 6) is 0.766. The smallest absolute Gasteiger partial charge is 0.144 e. The summed E-state index contributed by atoms with van der Waals surface area (Å²) in [5.41, 5.74) is 7.68. The maximum absolute atomic E-state index is 6.18. The second-order valence-corrected chi connectivity index (χ2v) is 6.18. The third kappa shape index (κ3) is 3.09. The lowest BCUT2D eigenvalue weighted by atomic mass is 9.91. The lowest BCUT2D eigenvalue weighted by Crippen LogP contribution is -2.44. The van der Waals surface area contributed by atoms with E-state index in [4.69, 9.17) is 19.9 Å². The monoisotopic (exact) mass is 292 g/mol. The van der Waals surface area contributed by atoms with Crippen molar-refractivity contribution in [2.45, 2.75) is 31.0 Å². The molecule has 2 atom stereocenters. The summed E-state index contributed by atoms with van der Waals surface area (Å²) in [6.45, 7) is 2.19. The third-order valence-corrected chi connectivity index (χ3v) is 4.32. The molecule has 0 aromatic heterocycles. The Morgan fingerprint density at radius 1 is 1.33 bits per heavy atom. The van der Waals surface area contributed by atoms with Gasteiger partial charge in [-0.05, 0) is 12.1 Å². The van der Waals surface area contributed by atoms with Crippen LogP contribution in [-0.4, -0.2) is 45.6 Å². The van der Waals surface area contributed by atoms with E-state index < -0.39 is 0 Å². The zero-order chi connectivity index (χ0) is 14.9. The number of anilines is 2. The first-order valence-electron chi connectivity index (χ1n) is 7.53. The molecule has 1 aromatic rings. The predicted molar refractivity (Wildman–Crippen MR) is 83.0 cm³/mol. The van der Waals surface area contributed by atoms with Crippen molar-refractivity contribution in [3.8, 4) is 5.75 Å². The van der Waals surface area contributed by atoms with Crippen molar-refractivity contribution in [2.75, 3.05) is 44.5 Å². The number of nitrogens with two attached hydrogens (primary N) is 1. The number of ether oxygens (including phenoxy) is 3. The molecule has 0 radical (unpaired) electrons. The molecular formula is C16H24N2O3. The molecule has 0 amide bonds. The Labute approximate surface area is 126 Å². The standard InChI is InChI=1S/C16H24N2O3/c1-18(2)12-3-4-14(17)15(9-12)21-13-5-7-20-16(10-13)6-8-19-11-16/h3-4,9,13H,5-8,10-11,17H2,1-2H3. The first kappa shape index (κ1) is 14.5. The van der Waals surface area contributed by atoms with Gasteiger partial charge in [0.2, 0.25) is 0 Å². The lowest BCUT2D eigenvalue weighted by Gasteiger charge is -2.37. The second-order valence-electron chi connectivity index (χ2n) is 6.18. The van der Waals surface area contributed by atoms with Crippen LogP contribution in [0.2, 0.25) is 0 Å². The maximum atomic E-state index is 6.18. The van der Waals surface area contributed by atoms with E-state index in [0.29, 0.717) is 12.3 Å². The third-order valence-electron chi connectivity index (χ3n) is 4.32. The van der Waals surface area contributed by atoms with Crippen molar-refractivity contribution in [3.63, 3.8) is 0 Å². The fourth-order valence-electron chi connectivity index (χ4n) is 3.03. The highest BCUT2D eigenvalue weighted by atomic mass is 16.6. The predicted octanol–water partition coefficient (Wildman–Crippen LogP) is 2.05. The number of nitrogen functional groups attached to an aromatic ring is 1. The minimum Gasteiger partial charge on any atom is -0.488 e. The van der Waals surface area contributed by atoms with Gasteiger partial charge in [0, 0.05) is 51.7 Å². The fourth-order valence-corrected chi connectivity index (χ4v) is 3.03. The topological polar surface area (TPSA) is 57.0 Å². The Kier molecular flexibility index (Phi) is 3.95. The highest BCUT2D eigenvalue weighted by molar-refractivity contribution is 5.62. The van der Waals surface area contributed by atoms with E-state index in [-0.39, 0.29) is 11.7 Å². The van der Waals surface area contributed by atoms with Gasteiger partial charge in [-0.1, -0.05) is 0 Å². The van der Waals surface area contributed by atoms with Crippen LogP contribution >= 0.6 is 0 Å². The summed E-state index contributed by atoms with van der Waals surface area (Å²) in [7, 11) is 4.02. The molecule has 1 spiro atoms. The molecule has 0 saturated carbocycles. The molecule has 2 heterocycles. The van der Waals surface area contributed by atoms with Gasteiger partial charge in [-0.25, -0.2) is 0 Å². The molecule has 2 aliphatic heterocycles. The average Bonchev–Trinajstić information content (AvgIpc) is 2.89. The van der Waals surface area contributed by atoms with Crippen LogP contribution in [0, 0.1) is 0 Å². The van der Waals surface area contributed by atoms with E-state index in [1.54, 1.807) is 0 Å². The van der Waals surface area contributed by atoms with Crippen LogP contribution in [0.25, 0.3) is 0 Å². The van der Waals surface area contributed by atoms with Gasteiger partial charge >= 0.3 is 0 Å². The highest BCUT2D eigenvalue weighted by Crippen LogP contribution is 2.36. The lowest BCUT2D eigenvalue weighted by molar-refractivity contribution is -0.112. The van der Waals surface area contributed by atoms with Gasteiger partial charge in [0.05, 0.1) is 24.5 Å². The van der Waals surface area contributed by atoms with Gasteiger partial charge in [-0.15, -0.1) is 0 Å². The molecule has 21 heavy (non-hydrogen) atoms. The molecule has 2 saturated heterocycles. The molecule has 2 fully saturated rings. The van der Waals surface area contributed by atoms with E-state index in [2.05, 4.69) is 0 Å².